The topological polar surface area (TPSA) is 3.24 Å². The normalized spacial score (nSPS) is 24.2. The van der Waals surface area contributed by atoms with Crippen LogP contribution in [0.15, 0.2) is 115 Å². The monoisotopic (exact) mass is 439 g/mol. The molecule has 2 aliphatic carbocycles. The van der Waals surface area contributed by atoms with Crippen LogP contribution in [-0.2, 0) is 0 Å². The van der Waals surface area contributed by atoms with E-state index in [9.17, 15) is 0 Å². The molecule has 1 saturated carbocycles. The summed E-state index contributed by atoms with van der Waals surface area (Å²) in [4.78, 5) is 2.63. The fourth-order valence-electron chi connectivity index (χ4n) is 6.39. The Bertz CT molecular complexity index is 1640. The van der Waals surface area contributed by atoms with Gasteiger partial charge >= 0.3 is 0 Å². The van der Waals surface area contributed by atoms with Crippen LogP contribution in [0.3, 0.4) is 0 Å². The minimum absolute atomic E-state index is 0.0247. The lowest BCUT2D eigenvalue weighted by Gasteiger charge is -2.32. The van der Waals surface area contributed by atoms with Gasteiger partial charge in [0.1, 0.15) is 0 Å². The maximum absolute atomic E-state index is 2.63. The number of allylic oxidation sites excluding steroid dienone is 2. The largest absolute Gasteiger partial charge is 0.330 e. The number of anilines is 2. The predicted octanol–water partition coefficient (Wildman–Crippen LogP) is 8.45. The van der Waals surface area contributed by atoms with E-state index in [0.717, 1.165) is 0 Å². The van der Waals surface area contributed by atoms with E-state index in [1.807, 2.05) is 11.3 Å². The Labute approximate surface area is 196 Å². The summed E-state index contributed by atoms with van der Waals surface area (Å²) >= 11 is 1.96. The smallest absolute Gasteiger partial charge is 0.0782 e. The first-order chi connectivity index (χ1) is 16.4. The molecule has 1 nitrogen and oxygen atoms in total. The van der Waals surface area contributed by atoms with Gasteiger partial charge in [0.05, 0.1) is 5.54 Å². The lowest BCUT2D eigenvalue weighted by molar-refractivity contribution is 0.761. The third-order valence-corrected chi connectivity index (χ3v) is 9.01. The zero-order chi connectivity index (χ0) is 21.6. The van der Waals surface area contributed by atoms with Crippen LogP contribution >= 0.6 is 11.3 Å². The van der Waals surface area contributed by atoms with Crippen LogP contribution in [0.1, 0.15) is 11.5 Å². The Morgan fingerprint density at radius 2 is 1.58 bits per heavy atom. The van der Waals surface area contributed by atoms with Gasteiger partial charge in [-0.15, -0.1) is 11.3 Å². The fraction of sp³-hybridized carbons (Fsp3) is 0.0968. The van der Waals surface area contributed by atoms with Crippen molar-refractivity contribution >= 4 is 42.9 Å². The Balaban J connectivity index is 1.39. The van der Waals surface area contributed by atoms with Gasteiger partial charge in [0.2, 0.25) is 0 Å². The number of hydrogen-bond donors (Lipinski definition) is 0. The summed E-state index contributed by atoms with van der Waals surface area (Å²) in [6.45, 7) is 0. The number of fused-ring (bicyclic) bond motifs is 7. The molecule has 5 aromatic rings. The highest BCUT2D eigenvalue weighted by Crippen LogP contribution is 2.74. The first kappa shape index (κ1) is 17.9. The fourth-order valence-corrected chi connectivity index (χ4v) is 7.67. The van der Waals surface area contributed by atoms with Gasteiger partial charge in [-0.3, -0.25) is 0 Å². The summed E-state index contributed by atoms with van der Waals surface area (Å²) in [5.74, 6) is 1.05. The molecule has 2 heteroatoms. The average Bonchev–Trinajstić information content (AvgIpc) is 3.23. The molecule has 156 valence electrons. The van der Waals surface area contributed by atoms with E-state index < -0.39 is 0 Å². The zero-order valence-electron chi connectivity index (χ0n) is 18.0. The summed E-state index contributed by atoms with van der Waals surface area (Å²) < 4.78 is 2.85. The van der Waals surface area contributed by atoms with Gasteiger partial charge < -0.3 is 4.90 Å². The van der Waals surface area contributed by atoms with Crippen molar-refractivity contribution in [3.05, 3.63) is 121 Å². The predicted molar refractivity (Wildman–Crippen MR) is 141 cm³/mol. The molecule has 0 amide bonds. The average molecular weight is 440 g/mol. The van der Waals surface area contributed by atoms with Crippen molar-refractivity contribution in [2.75, 3.05) is 4.90 Å². The highest BCUT2D eigenvalue weighted by atomic mass is 32.1. The van der Waals surface area contributed by atoms with Crippen LogP contribution in [-0.4, -0.2) is 5.54 Å². The third-order valence-electron chi connectivity index (χ3n) is 7.79. The molecule has 0 N–H and O–H groups in total. The second kappa shape index (κ2) is 6.24. The minimum Gasteiger partial charge on any atom is -0.330 e. The minimum atomic E-state index is 0.0247. The highest BCUT2D eigenvalue weighted by molar-refractivity contribution is 7.26. The maximum atomic E-state index is 2.63. The van der Waals surface area contributed by atoms with Gasteiger partial charge in [0.15, 0.2) is 0 Å². The van der Waals surface area contributed by atoms with E-state index in [1.54, 1.807) is 5.56 Å². The molecule has 0 saturated heterocycles. The zero-order valence-corrected chi connectivity index (χ0v) is 18.8. The van der Waals surface area contributed by atoms with Crippen LogP contribution in [0.25, 0.3) is 31.3 Å². The molecule has 0 bridgehead atoms. The van der Waals surface area contributed by atoms with Crippen molar-refractivity contribution in [3.8, 4) is 11.1 Å². The van der Waals surface area contributed by atoms with Gasteiger partial charge in [-0.25, -0.2) is 0 Å². The lowest BCUT2D eigenvalue weighted by Crippen LogP contribution is -2.32. The lowest BCUT2D eigenvalue weighted by atomic mass is 10.0. The highest BCUT2D eigenvalue weighted by Gasteiger charge is 2.71. The summed E-state index contributed by atoms with van der Waals surface area (Å²) in [5.41, 5.74) is 6.75. The van der Waals surface area contributed by atoms with Gasteiger partial charge in [-0.2, -0.15) is 0 Å². The second-order valence-electron chi connectivity index (χ2n) is 9.36. The number of benzene rings is 4. The molecule has 1 aliphatic heterocycles. The van der Waals surface area contributed by atoms with E-state index >= 15 is 0 Å². The first-order valence-electron chi connectivity index (χ1n) is 11.6. The molecule has 1 fully saturated rings. The quantitative estimate of drug-likeness (QED) is 0.267. The van der Waals surface area contributed by atoms with Gasteiger partial charge in [0, 0.05) is 48.9 Å². The first-order valence-corrected chi connectivity index (χ1v) is 12.4. The third kappa shape index (κ3) is 2.22. The van der Waals surface area contributed by atoms with E-state index in [-0.39, 0.29) is 5.54 Å². The molecule has 3 atom stereocenters. The number of nitrogens with zero attached hydrogens (tertiary/aromatic N) is 1. The number of rotatable bonds is 2. The number of thiophene rings is 1. The summed E-state index contributed by atoms with van der Waals surface area (Å²) in [5, 5.41) is 2.79. The van der Waals surface area contributed by atoms with Gasteiger partial charge in [0.25, 0.3) is 0 Å². The molecular formula is C31H21NS. The standard InChI is InChI=1S/C31H21NS/c1-2-9-20(10-3-1)21-11-8-12-22(19-21)32-26-17-16-24-23-13-4-5-15-27(23)33-30(24)28(26)29-25-14-6-7-18-31(25,29)32/h1-19,25,29H. The second-order valence-corrected chi connectivity index (χ2v) is 10.4. The van der Waals surface area contributed by atoms with E-state index in [0.29, 0.717) is 11.8 Å². The molecule has 0 radical (unpaired) electrons. The van der Waals surface area contributed by atoms with E-state index in [4.69, 9.17) is 0 Å². The Morgan fingerprint density at radius 1 is 0.727 bits per heavy atom. The molecule has 1 aromatic heterocycles. The maximum Gasteiger partial charge on any atom is 0.0782 e. The molecule has 3 unspecified atom stereocenters. The van der Waals surface area contributed by atoms with Crippen LogP contribution < -0.4 is 4.90 Å². The Hall–Kier alpha value is -3.62. The van der Waals surface area contributed by atoms with Crippen molar-refractivity contribution < 1.29 is 0 Å². The van der Waals surface area contributed by atoms with Crippen molar-refractivity contribution in [2.24, 2.45) is 5.92 Å². The van der Waals surface area contributed by atoms with Crippen molar-refractivity contribution in [2.45, 2.75) is 11.5 Å². The molecular weight excluding hydrogens is 418 g/mol. The van der Waals surface area contributed by atoms with Crippen LogP contribution in [0, 0.1) is 5.92 Å². The molecule has 4 aromatic carbocycles. The van der Waals surface area contributed by atoms with Crippen molar-refractivity contribution in [3.63, 3.8) is 0 Å². The number of hydrogen-bond acceptors (Lipinski definition) is 2. The molecule has 1 spiro atoms. The van der Waals surface area contributed by atoms with Gasteiger partial charge in [-0.05, 0) is 35.4 Å². The van der Waals surface area contributed by atoms with Crippen LogP contribution in [0.5, 0.6) is 0 Å². The summed E-state index contributed by atoms with van der Waals surface area (Å²) in [7, 11) is 0. The van der Waals surface area contributed by atoms with Gasteiger partial charge in [-0.1, -0.05) is 91.0 Å². The van der Waals surface area contributed by atoms with Crippen LogP contribution in [0.2, 0.25) is 0 Å². The molecule has 2 heterocycles. The van der Waals surface area contributed by atoms with Crippen molar-refractivity contribution in [1.82, 2.24) is 0 Å². The van der Waals surface area contributed by atoms with Crippen molar-refractivity contribution in [1.29, 1.82) is 0 Å². The van der Waals surface area contributed by atoms with Crippen LogP contribution in [0.4, 0.5) is 11.4 Å². The molecule has 8 rings (SSSR count). The van der Waals surface area contributed by atoms with E-state index in [2.05, 4.69) is 120 Å². The molecule has 33 heavy (non-hydrogen) atoms. The Morgan fingerprint density at radius 3 is 2.52 bits per heavy atom. The Kier molecular flexibility index (Phi) is 3.38. The summed E-state index contributed by atoms with van der Waals surface area (Å²) in [6, 6.07) is 33.4. The SMILES string of the molecule is C1=CC2C3c4c(ccc5c4sc4ccccc45)N(c4cccc(-c5ccccc5)c4)C23C=C1. The molecule has 3 aliphatic rings. The van der Waals surface area contributed by atoms with E-state index in [1.165, 1.54) is 42.7 Å². The summed E-state index contributed by atoms with van der Waals surface area (Å²) in [6.07, 6.45) is 9.36.